The first-order chi connectivity index (χ1) is 15.2. The van der Waals surface area contributed by atoms with Gasteiger partial charge in [0.15, 0.2) is 0 Å². The molecule has 31 heavy (non-hydrogen) atoms. The molecule has 0 unspecified atom stereocenters. The average Bonchev–Trinajstić information content (AvgIpc) is 3.47. The Hall–Kier alpha value is -3.39. The van der Waals surface area contributed by atoms with Crippen molar-refractivity contribution in [3.05, 3.63) is 54.4 Å². The van der Waals surface area contributed by atoms with Crippen LogP contribution in [-0.2, 0) is 0 Å². The summed E-state index contributed by atoms with van der Waals surface area (Å²) in [6.45, 7) is 5.94. The number of hydrogen-bond acceptors (Lipinski definition) is 6. The molecule has 0 atom stereocenters. The maximum absolute atomic E-state index is 13.6. The molecular formula is C23H24FN7. The number of aromatic nitrogens is 5. The van der Waals surface area contributed by atoms with Gasteiger partial charge in [-0.1, -0.05) is 0 Å². The first kappa shape index (κ1) is 19.6. The fraction of sp³-hybridized carbons (Fsp3) is 0.304. The third-order valence-electron chi connectivity index (χ3n) is 5.65. The maximum Gasteiger partial charge on any atom is 0.144 e. The largest absolute Gasteiger partial charge is 0.382 e. The molecule has 0 spiro atoms. The third-order valence-corrected chi connectivity index (χ3v) is 5.65. The van der Waals surface area contributed by atoms with Crippen LogP contribution in [0.3, 0.4) is 0 Å². The number of nitrogens with zero attached hydrogens (tertiary/aromatic N) is 5. The molecule has 1 aliphatic rings. The van der Waals surface area contributed by atoms with E-state index in [1.54, 1.807) is 19.3 Å². The Labute approximate surface area is 179 Å². The minimum atomic E-state index is -0.333. The van der Waals surface area contributed by atoms with Crippen molar-refractivity contribution < 1.29 is 4.39 Å². The highest BCUT2D eigenvalue weighted by atomic mass is 19.1. The fourth-order valence-corrected chi connectivity index (χ4v) is 3.97. The Kier molecular flexibility index (Phi) is 5.30. The minimum absolute atomic E-state index is 0.333. The first-order valence-corrected chi connectivity index (χ1v) is 10.6. The van der Waals surface area contributed by atoms with Crippen LogP contribution in [0.25, 0.3) is 33.8 Å². The van der Waals surface area contributed by atoms with Crippen molar-refractivity contribution in [1.29, 1.82) is 0 Å². The van der Waals surface area contributed by atoms with Crippen LogP contribution in [0.1, 0.15) is 18.5 Å². The van der Waals surface area contributed by atoms with Crippen molar-refractivity contribution in [2.45, 2.75) is 19.8 Å². The Morgan fingerprint density at radius 1 is 1.03 bits per heavy atom. The average molecular weight is 417 g/mol. The van der Waals surface area contributed by atoms with Gasteiger partial charge >= 0.3 is 0 Å². The second kappa shape index (κ2) is 8.39. The summed E-state index contributed by atoms with van der Waals surface area (Å²) in [5.74, 6) is -0.333. The van der Waals surface area contributed by atoms with E-state index >= 15 is 0 Å². The molecule has 4 aromatic rings. The molecule has 0 bridgehead atoms. The van der Waals surface area contributed by atoms with Crippen molar-refractivity contribution in [2.24, 2.45) is 0 Å². The van der Waals surface area contributed by atoms with Gasteiger partial charge < -0.3 is 15.2 Å². The molecule has 5 rings (SSSR count). The normalized spacial score (nSPS) is 14.4. The number of pyridine rings is 3. The topological polar surface area (TPSA) is 82.6 Å². The molecule has 4 aromatic heterocycles. The van der Waals surface area contributed by atoms with Gasteiger partial charge in [-0.3, -0.25) is 4.98 Å². The van der Waals surface area contributed by atoms with Crippen LogP contribution in [0.5, 0.6) is 0 Å². The lowest BCUT2D eigenvalue weighted by atomic mass is 10.1. The zero-order chi connectivity index (χ0) is 21.2. The highest BCUT2D eigenvalue weighted by Gasteiger charge is 2.15. The van der Waals surface area contributed by atoms with Crippen LogP contribution in [0.15, 0.2) is 42.9 Å². The molecule has 5 heterocycles. The fourth-order valence-electron chi connectivity index (χ4n) is 3.97. The number of anilines is 1. The number of aromatic amines is 1. The molecule has 2 N–H and O–H groups in total. The molecule has 158 valence electrons. The van der Waals surface area contributed by atoms with Gasteiger partial charge in [0.1, 0.15) is 11.5 Å². The highest BCUT2D eigenvalue weighted by Crippen LogP contribution is 2.28. The van der Waals surface area contributed by atoms with E-state index in [1.165, 1.54) is 32.0 Å². The predicted octanol–water partition coefficient (Wildman–Crippen LogP) is 4.04. The number of halogens is 1. The summed E-state index contributed by atoms with van der Waals surface area (Å²) in [7, 11) is 0. The summed E-state index contributed by atoms with van der Waals surface area (Å²) in [5.41, 5.74) is 5.64. The molecule has 0 radical (unpaired) electrons. The van der Waals surface area contributed by atoms with Crippen molar-refractivity contribution in [3.8, 4) is 22.8 Å². The van der Waals surface area contributed by atoms with Gasteiger partial charge in [-0.2, -0.15) is 0 Å². The van der Waals surface area contributed by atoms with E-state index in [9.17, 15) is 4.39 Å². The second-order valence-electron chi connectivity index (χ2n) is 7.82. The van der Waals surface area contributed by atoms with Gasteiger partial charge in [-0.05, 0) is 63.2 Å². The molecule has 0 aliphatic carbocycles. The summed E-state index contributed by atoms with van der Waals surface area (Å²) in [6, 6.07) is 8.91. The van der Waals surface area contributed by atoms with E-state index in [4.69, 9.17) is 4.98 Å². The number of fused-ring (bicyclic) bond motifs is 1. The molecule has 7 nitrogen and oxygen atoms in total. The SMILES string of the molecule is Cc1nc(-c2nc[nH]c2-c2ccc3ncc(NCCN4CCCC4)cc3n2)ccc1F. The maximum atomic E-state index is 13.6. The lowest BCUT2D eigenvalue weighted by Crippen LogP contribution is -2.25. The Morgan fingerprint density at radius 2 is 1.87 bits per heavy atom. The first-order valence-electron chi connectivity index (χ1n) is 10.6. The minimum Gasteiger partial charge on any atom is -0.382 e. The highest BCUT2D eigenvalue weighted by molar-refractivity contribution is 5.82. The third kappa shape index (κ3) is 4.11. The summed E-state index contributed by atoms with van der Waals surface area (Å²) in [5, 5.41) is 3.46. The lowest BCUT2D eigenvalue weighted by molar-refractivity contribution is 0.352. The molecule has 1 aliphatic heterocycles. The summed E-state index contributed by atoms with van der Waals surface area (Å²) < 4.78 is 13.6. The molecular weight excluding hydrogens is 393 g/mol. The summed E-state index contributed by atoms with van der Waals surface area (Å²) in [4.78, 5) is 23.7. The van der Waals surface area contributed by atoms with Gasteiger partial charge in [0.2, 0.25) is 0 Å². The molecule has 0 amide bonds. The van der Waals surface area contributed by atoms with E-state index in [0.29, 0.717) is 17.1 Å². The zero-order valence-electron chi connectivity index (χ0n) is 17.4. The predicted molar refractivity (Wildman–Crippen MR) is 119 cm³/mol. The van der Waals surface area contributed by atoms with Crippen LogP contribution in [0.2, 0.25) is 0 Å². The number of imidazole rings is 1. The number of rotatable bonds is 6. The smallest absolute Gasteiger partial charge is 0.144 e. The zero-order valence-corrected chi connectivity index (χ0v) is 17.4. The van der Waals surface area contributed by atoms with E-state index in [0.717, 1.165) is 41.2 Å². The summed E-state index contributed by atoms with van der Waals surface area (Å²) in [6.07, 6.45) is 6.05. The van der Waals surface area contributed by atoms with E-state index in [-0.39, 0.29) is 5.82 Å². The Balaban J connectivity index is 1.40. The van der Waals surface area contributed by atoms with Crippen molar-refractivity contribution in [3.63, 3.8) is 0 Å². The van der Waals surface area contributed by atoms with Crippen molar-refractivity contribution in [1.82, 2.24) is 29.8 Å². The van der Waals surface area contributed by atoms with Gasteiger partial charge in [0.25, 0.3) is 0 Å². The Morgan fingerprint density at radius 3 is 2.71 bits per heavy atom. The van der Waals surface area contributed by atoms with Crippen LogP contribution in [-0.4, -0.2) is 56.0 Å². The number of likely N-dealkylation sites (tertiary alicyclic amines) is 1. The number of hydrogen-bond donors (Lipinski definition) is 2. The van der Waals surface area contributed by atoms with Crippen LogP contribution in [0, 0.1) is 12.7 Å². The van der Waals surface area contributed by atoms with Gasteiger partial charge in [-0.15, -0.1) is 0 Å². The van der Waals surface area contributed by atoms with Gasteiger partial charge in [0, 0.05) is 13.1 Å². The van der Waals surface area contributed by atoms with Gasteiger partial charge in [0.05, 0.1) is 52.0 Å². The van der Waals surface area contributed by atoms with Crippen molar-refractivity contribution in [2.75, 3.05) is 31.5 Å². The standard InChI is InChI=1S/C23H24FN7/c1-15-17(24)4-5-19(29-15)22-23(28-14-27-22)20-7-6-18-21(30-20)12-16(13-26-18)25-8-11-31-9-2-3-10-31/h4-7,12-14,25H,2-3,8-11H2,1H3,(H,27,28). The number of nitrogens with one attached hydrogen (secondary N) is 2. The quantitative estimate of drug-likeness (QED) is 0.493. The molecule has 8 heteroatoms. The van der Waals surface area contributed by atoms with Crippen LogP contribution >= 0.6 is 0 Å². The molecule has 1 fully saturated rings. The van der Waals surface area contributed by atoms with E-state index in [2.05, 4.69) is 30.2 Å². The molecule has 0 saturated carbocycles. The summed E-state index contributed by atoms with van der Waals surface area (Å²) >= 11 is 0. The number of H-pyrrole nitrogens is 1. The second-order valence-corrected chi connectivity index (χ2v) is 7.82. The van der Waals surface area contributed by atoms with Crippen LogP contribution in [0.4, 0.5) is 10.1 Å². The Bertz CT molecular complexity index is 1210. The van der Waals surface area contributed by atoms with E-state index < -0.39 is 0 Å². The van der Waals surface area contributed by atoms with Crippen molar-refractivity contribution >= 4 is 16.7 Å². The van der Waals surface area contributed by atoms with Gasteiger partial charge in [-0.25, -0.2) is 19.3 Å². The molecule has 1 saturated heterocycles. The number of aryl methyl sites for hydroxylation is 1. The van der Waals surface area contributed by atoms with Crippen LogP contribution < -0.4 is 5.32 Å². The molecule has 0 aromatic carbocycles. The monoisotopic (exact) mass is 417 g/mol. The van der Waals surface area contributed by atoms with E-state index in [1.807, 2.05) is 24.4 Å². The lowest BCUT2D eigenvalue weighted by Gasteiger charge is -2.15.